The minimum atomic E-state index is -0.413. The van der Waals surface area contributed by atoms with Crippen molar-refractivity contribution in [3.05, 3.63) is 0 Å². The molecule has 0 radical (unpaired) electrons. The zero-order chi connectivity index (χ0) is 6.85. The van der Waals surface area contributed by atoms with E-state index in [2.05, 4.69) is 5.32 Å². The average molecular weight is 168 g/mol. The minimum absolute atomic E-state index is 0.0475. The van der Waals surface area contributed by atoms with Crippen LogP contribution in [0.5, 0.6) is 0 Å². The predicted molar refractivity (Wildman–Crippen MR) is 36.6 cm³/mol. The quantitative estimate of drug-likeness (QED) is 0.579. The molecule has 2 nitrogen and oxygen atoms in total. The van der Waals surface area contributed by atoms with Crippen LogP contribution in [0.15, 0.2) is 0 Å². The second kappa shape index (κ2) is 2.76. The highest BCUT2D eigenvalue weighted by Gasteiger charge is 2.26. The van der Waals surface area contributed by atoms with E-state index in [0.29, 0.717) is 13.0 Å². The van der Waals surface area contributed by atoms with Gasteiger partial charge in [0.1, 0.15) is 4.84 Å². The molecule has 1 unspecified atom stereocenters. The zero-order valence-corrected chi connectivity index (χ0v) is 6.24. The molecule has 1 fully saturated rings. The van der Waals surface area contributed by atoms with E-state index in [0.717, 1.165) is 0 Å². The third-order valence-corrected chi connectivity index (χ3v) is 2.08. The number of alkyl halides is 2. The fourth-order valence-electron chi connectivity index (χ4n) is 0.806. The van der Waals surface area contributed by atoms with Crippen molar-refractivity contribution in [2.24, 2.45) is 5.92 Å². The van der Waals surface area contributed by atoms with Gasteiger partial charge in [0.05, 0.1) is 0 Å². The van der Waals surface area contributed by atoms with Gasteiger partial charge in [0.2, 0.25) is 5.91 Å². The van der Waals surface area contributed by atoms with Crippen LogP contribution in [-0.2, 0) is 4.79 Å². The number of hydrogen-bond acceptors (Lipinski definition) is 1. The fraction of sp³-hybridized carbons (Fsp3) is 0.800. The van der Waals surface area contributed by atoms with Gasteiger partial charge in [-0.1, -0.05) is 0 Å². The highest BCUT2D eigenvalue weighted by atomic mass is 35.5. The molecular weight excluding hydrogens is 161 g/mol. The molecular formula is C5H7Cl2NO. The second-order valence-electron chi connectivity index (χ2n) is 2.10. The van der Waals surface area contributed by atoms with Crippen LogP contribution < -0.4 is 5.32 Å². The van der Waals surface area contributed by atoms with E-state index in [-0.39, 0.29) is 11.8 Å². The van der Waals surface area contributed by atoms with Crippen molar-refractivity contribution < 1.29 is 4.79 Å². The lowest BCUT2D eigenvalue weighted by atomic mass is 10.1. The standard InChI is InChI=1S/C5H7Cl2NO/c6-5(7)3-1-4(9)8-2-3/h3,5H,1-2H2,(H,8,9). The largest absolute Gasteiger partial charge is 0.356 e. The smallest absolute Gasteiger partial charge is 0.220 e. The van der Waals surface area contributed by atoms with E-state index in [4.69, 9.17) is 23.2 Å². The summed E-state index contributed by atoms with van der Waals surface area (Å²) in [7, 11) is 0. The SMILES string of the molecule is O=C1CC(C(Cl)Cl)CN1. The maximum Gasteiger partial charge on any atom is 0.220 e. The van der Waals surface area contributed by atoms with E-state index in [1.807, 2.05) is 0 Å². The molecule has 0 aliphatic carbocycles. The summed E-state index contributed by atoms with van der Waals surface area (Å²) in [5.74, 6) is 0.159. The van der Waals surface area contributed by atoms with Gasteiger partial charge < -0.3 is 5.32 Å². The van der Waals surface area contributed by atoms with Gasteiger partial charge >= 0.3 is 0 Å². The molecule has 4 heteroatoms. The van der Waals surface area contributed by atoms with Crippen molar-refractivity contribution >= 4 is 29.1 Å². The monoisotopic (exact) mass is 167 g/mol. The second-order valence-corrected chi connectivity index (χ2v) is 3.27. The molecule has 1 aliphatic rings. The van der Waals surface area contributed by atoms with Crippen molar-refractivity contribution in [2.45, 2.75) is 11.3 Å². The molecule has 1 atom stereocenters. The Labute approximate surface area is 63.5 Å². The van der Waals surface area contributed by atoms with Crippen molar-refractivity contribution in [3.63, 3.8) is 0 Å². The maximum absolute atomic E-state index is 10.5. The normalized spacial score (nSPS) is 27.0. The number of rotatable bonds is 1. The molecule has 1 heterocycles. The maximum atomic E-state index is 10.5. The Balaban J connectivity index is 2.39. The Morgan fingerprint density at radius 2 is 2.33 bits per heavy atom. The van der Waals surface area contributed by atoms with Crippen molar-refractivity contribution in [3.8, 4) is 0 Å². The fourth-order valence-corrected chi connectivity index (χ4v) is 1.16. The first kappa shape index (κ1) is 7.16. The van der Waals surface area contributed by atoms with Crippen LogP contribution in [0.4, 0.5) is 0 Å². The molecule has 0 aromatic rings. The molecule has 1 amide bonds. The average Bonchev–Trinajstić information content (AvgIpc) is 2.14. The first-order chi connectivity index (χ1) is 4.20. The van der Waals surface area contributed by atoms with Gasteiger partial charge in [-0.15, -0.1) is 23.2 Å². The number of amides is 1. The molecule has 0 aromatic heterocycles. The summed E-state index contributed by atoms with van der Waals surface area (Å²) in [4.78, 5) is 10.1. The molecule has 1 N–H and O–H groups in total. The molecule has 1 aliphatic heterocycles. The topological polar surface area (TPSA) is 29.1 Å². The number of halogens is 2. The predicted octanol–water partition coefficient (Wildman–Crippen LogP) is 0.926. The van der Waals surface area contributed by atoms with Crippen molar-refractivity contribution in [2.75, 3.05) is 6.54 Å². The minimum Gasteiger partial charge on any atom is -0.356 e. The van der Waals surface area contributed by atoms with Crippen molar-refractivity contribution in [1.29, 1.82) is 0 Å². The lowest BCUT2D eigenvalue weighted by Gasteiger charge is -2.04. The summed E-state index contributed by atoms with van der Waals surface area (Å²) in [6, 6.07) is 0. The summed E-state index contributed by atoms with van der Waals surface area (Å²) < 4.78 is 0. The van der Waals surface area contributed by atoms with Crippen LogP contribution in [0.3, 0.4) is 0 Å². The summed E-state index contributed by atoms with van der Waals surface area (Å²) in [6.45, 7) is 0.622. The zero-order valence-electron chi connectivity index (χ0n) is 4.73. The molecule has 0 bridgehead atoms. The van der Waals surface area contributed by atoms with Crippen LogP contribution in [0.1, 0.15) is 6.42 Å². The lowest BCUT2D eigenvalue weighted by Crippen LogP contribution is -2.15. The number of carbonyl (C=O) groups excluding carboxylic acids is 1. The molecule has 0 aromatic carbocycles. The van der Waals surface area contributed by atoms with Crippen LogP contribution >= 0.6 is 23.2 Å². The van der Waals surface area contributed by atoms with E-state index < -0.39 is 4.84 Å². The Hall–Kier alpha value is 0.0500. The van der Waals surface area contributed by atoms with E-state index >= 15 is 0 Å². The Morgan fingerprint density at radius 3 is 2.56 bits per heavy atom. The molecule has 0 saturated carbocycles. The van der Waals surface area contributed by atoms with E-state index in [1.165, 1.54) is 0 Å². The Bertz CT molecular complexity index is 126. The van der Waals surface area contributed by atoms with Gasteiger partial charge in [-0.25, -0.2) is 0 Å². The summed E-state index contributed by atoms with van der Waals surface area (Å²) in [6.07, 6.45) is 0.470. The van der Waals surface area contributed by atoms with Gasteiger partial charge in [-0.3, -0.25) is 4.79 Å². The van der Waals surface area contributed by atoms with Crippen LogP contribution in [-0.4, -0.2) is 17.3 Å². The van der Waals surface area contributed by atoms with Crippen LogP contribution in [0.2, 0.25) is 0 Å². The molecule has 0 spiro atoms. The summed E-state index contributed by atoms with van der Waals surface area (Å²) in [5.41, 5.74) is 0. The van der Waals surface area contributed by atoms with Gasteiger partial charge in [-0.2, -0.15) is 0 Å². The Kier molecular flexibility index (Phi) is 2.19. The molecule has 9 heavy (non-hydrogen) atoms. The Morgan fingerprint density at radius 1 is 1.67 bits per heavy atom. The molecule has 1 rings (SSSR count). The highest BCUT2D eigenvalue weighted by molar-refractivity contribution is 6.44. The summed E-state index contributed by atoms with van der Waals surface area (Å²) in [5, 5.41) is 2.64. The first-order valence-electron chi connectivity index (χ1n) is 2.75. The lowest BCUT2D eigenvalue weighted by molar-refractivity contribution is -0.119. The number of carbonyl (C=O) groups is 1. The third kappa shape index (κ3) is 1.73. The first-order valence-corrected chi connectivity index (χ1v) is 3.62. The highest BCUT2D eigenvalue weighted by Crippen LogP contribution is 2.21. The van der Waals surface area contributed by atoms with Crippen LogP contribution in [0.25, 0.3) is 0 Å². The number of hydrogen-bond donors (Lipinski definition) is 1. The number of nitrogens with one attached hydrogen (secondary N) is 1. The van der Waals surface area contributed by atoms with Gasteiger partial charge in [0.15, 0.2) is 0 Å². The van der Waals surface area contributed by atoms with Gasteiger partial charge in [-0.05, 0) is 0 Å². The van der Waals surface area contributed by atoms with Crippen LogP contribution in [0, 0.1) is 5.92 Å². The van der Waals surface area contributed by atoms with Gasteiger partial charge in [0.25, 0.3) is 0 Å². The molecule has 1 saturated heterocycles. The van der Waals surface area contributed by atoms with E-state index in [9.17, 15) is 4.79 Å². The van der Waals surface area contributed by atoms with Crippen molar-refractivity contribution in [1.82, 2.24) is 5.32 Å². The molecule has 52 valence electrons. The van der Waals surface area contributed by atoms with E-state index in [1.54, 1.807) is 0 Å². The van der Waals surface area contributed by atoms with Gasteiger partial charge in [0, 0.05) is 18.9 Å². The third-order valence-electron chi connectivity index (χ3n) is 1.37. The summed E-state index contributed by atoms with van der Waals surface area (Å²) >= 11 is 11.0.